The number of hydrogen-bond acceptors (Lipinski definition) is 5. The fourth-order valence-corrected chi connectivity index (χ4v) is 3.40. The third-order valence-electron chi connectivity index (χ3n) is 5.29. The molecule has 3 aromatic rings. The van der Waals surface area contributed by atoms with E-state index >= 15 is 0 Å². The summed E-state index contributed by atoms with van der Waals surface area (Å²) >= 11 is 0. The van der Waals surface area contributed by atoms with E-state index in [2.05, 4.69) is 17.1 Å². The van der Waals surface area contributed by atoms with Crippen LogP contribution in [0.15, 0.2) is 67.0 Å². The Balaban J connectivity index is 1.43. The molecule has 0 saturated heterocycles. The van der Waals surface area contributed by atoms with Crippen LogP contribution in [0.2, 0.25) is 0 Å². The summed E-state index contributed by atoms with van der Waals surface area (Å²) in [5.41, 5.74) is 9.05. The largest absolute Gasteiger partial charge is 0.489 e. The Labute approximate surface area is 176 Å². The number of rotatable bonds is 8. The minimum absolute atomic E-state index is 0.0785. The maximum absolute atomic E-state index is 9.83. The Bertz CT molecular complexity index is 993. The number of benzene rings is 2. The number of aliphatic hydroxyl groups is 2. The van der Waals surface area contributed by atoms with Crippen molar-refractivity contribution in [3.8, 4) is 16.9 Å². The van der Waals surface area contributed by atoms with Gasteiger partial charge < -0.3 is 25.3 Å². The molecule has 1 fully saturated rings. The maximum Gasteiger partial charge on any atom is 0.137 e. The number of aliphatic hydroxyl groups excluding tert-OH is 2. The number of nitrogens with two attached hydrogens (primary N) is 1. The highest BCUT2D eigenvalue weighted by atomic mass is 16.5. The number of hydrogen-bond donors (Lipinski definition) is 3. The first-order valence-corrected chi connectivity index (χ1v) is 10.2. The molecule has 1 saturated carbocycles. The first-order valence-electron chi connectivity index (χ1n) is 10.2. The summed E-state index contributed by atoms with van der Waals surface area (Å²) in [5, 5.41) is 19.6. The Kier molecular flexibility index (Phi) is 5.99. The van der Waals surface area contributed by atoms with Gasteiger partial charge in [0.15, 0.2) is 0 Å². The lowest BCUT2D eigenvalue weighted by Crippen LogP contribution is -2.14. The average molecular weight is 405 g/mol. The van der Waals surface area contributed by atoms with Crippen LogP contribution in [0.25, 0.3) is 17.2 Å². The van der Waals surface area contributed by atoms with Crippen molar-refractivity contribution in [2.24, 2.45) is 5.73 Å². The second-order valence-electron chi connectivity index (χ2n) is 7.68. The molecule has 2 aromatic carbocycles. The molecular weight excluding hydrogens is 378 g/mol. The lowest BCUT2D eigenvalue weighted by Gasteiger charge is -2.16. The number of ether oxygens (including phenoxy) is 1. The van der Waals surface area contributed by atoms with Gasteiger partial charge in [0.25, 0.3) is 0 Å². The molecule has 1 aromatic heterocycles. The summed E-state index contributed by atoms with van der Waals surface area (Å²) < 4.78 is 7.57. The summed E-state index contributed by atoms with van der Waals surface area (Å²) in [4.78, 5) is 4.17. The lowest BCUT2D eigenvalue weighted by atomic mass is 10.0. The molecule has 4 N–H and O–H groups in total. The zero-order chi connectivity index (χ0) is 21.1. The third-order valence-corrected chi connectivity index (χ3v) is 5.29. The monoisotopic (exact) mass is 405 g/mol. The highest BCUT2D eigenvalue weighted by molar-refractivity contribution is 5.66. The van der Waals surface area contributed by atoms with Crippen molar-refractivity contribution in [1.29, 1.82) is 0 Å². The molecule has 6 heteroatoms. The molecule has 156 valence electrons. The van der Waals surface area contributed by atoms with E-state index in [4.69, 9.17) is 10.5 Å². The van der Waals surface area contributed by atoms with E-state index in [-0.39, 0.29) is 24.8 Å². The van der Waals surface area contributed by atoms with Crippen LogP contribution in [0.1, 0.15) is 36.9 Å². The van der Waals surface area contributed by atoms with Crippen LogP contribution in [-0.4, -0.2) is 38.5 Å². The second-order valence-corrected chi connectivity index (χ2v) is 7.68. The highest BCUT2D eigenvalue weighted by Crippen LogP contribution is 2.28. The molecule has 4 rings (SSSR count). The normalized spacial score (nSPS) is 20.3. The van der Waals surface area contributed by atoms with Crippen molar-refractivity contribution in [2.45, 2.75) is 37.6 Å². The van der Waals surface area contributed by atoms with Gasteiger partial charge in [0.2, 0.25) is 0 Å². The van der Waals surface area contributed by atoms with Crippen molar-refractivity contribution in [3.05, 3.63) is 78.4 Å². The van der Waals surface area contributed by atoms with Crippen molar-refractivity contribution in [3.63, 3.8) is 0 Å². The maximum atomic E-state index is 9.83. The van der Waals surface area contributed by atoms with Gasteiger partial charge in [-0.2, -0.15) is 0 Å². The van der Waals surface area contributed by atoms with E-state index in [1.54, 1.807) is 23.9 Å². The minimum atomic E-state index is -0.695. The molecule has 1 aliphatic carbocycles. The number of aromatic nitrogens is 2. The molecule has 0 bridgehead atoms. The molecule has 0 aliphatic heterocycles. The number of imidazole rings is 1. The summed E-state index contributed by atoms with van der Waals surface area (Å²) in [6.07, 6.45) is 7.66. The van der Waals surface area contributed by atoms with Gasteiger partial charge in [-0.05, 0) is 35.7 Å². The molecular formula is C24H27N3O3. The molecule has 1 heterocycles. The van der Waals surface area contributed by atoms with Crippen molar-refractivity contribution < 1.29 is 14.9 Å². The van der Waals surface area contributed by atoms with Gasteiger partial charge in [0, 0.05) is 24.9 Å². The Hall–Kier alpha value is -2.93. The molecule has 0 spiro atoms. The third kappa shape index (κ3) is 4.62. The van der Waals surface area contributed by atoms with Crippen LogP contribution in [0.4, 0.5) is 0 Å². The summed E-state index contributed by atoms with van der Waals surface area (Å²) in [7, 11) is 0. The van der Waals surface area contributed by atoms with Crippen LogP contribution in [0.3, 0.4) is 0 Å². The fraction of sp³-hybridized carbons (Fsp3) is 0.292. The van der Waals surface area contributed by atoms with E-state index in [1.165, 1.54) is 0 Å². The van der Waals surface area contributed by atoms with Crippen LogP contribution in [0, 0.1) is 0 Å². The quantitative estimate of drug-likeness (QED) is 0.534. The van der Waals surface area contributed by atoms with Crippen molar-refractivity contribution >= 4 is 6.08 Å². The molecule has 6 nitrogen and oxygen atoms in total. The predicted molar refractivity (Wildman–Crippen MR) is 117 cm³/mol. The Morgan fingerprint density at radius 3 is 2.37 bits per heavy atom. The van der Waals surface area contributed by atoms with Gasteiger partial charge in [0.05, 0.1) is 12.6 Å². The lowest BCUT2D eigenvalue weighted by molar-refractivity contribution is 0.175. The first kappa shape index (κ1) is 20.3. The standard InChI is InChI=1S/C24H27N3O3/c1-16(29)24-26-12-13-27(24)20(15-28)9-4-17-2-5-18(6-3-17)19-7-10-21(11-8-19)30-23-14-22(23)25/h2-13,16,20,22-23,28-29H,14-15,25H2,1H3/b9-4+/t16-,20?,22-,23-/m0/s1. The molecule has 1 unspecified atom stereocenters. The molecule has 30 heavy (non-hydrogen) atoms. The Morgan fingerprint density at radius 2 is 1.80 bits per heavy atom. The smallest absolute Gasteiger partial charge is 0.137 e. The average Bonchev–Trinajstić information content (AvgIpc) is 3.24. The molecule has 0 amide bonds. The van der Waals surface area contributed by atoms with Gasteiger partial charge in [-0.1, -0.05) is 48.6 Å². The summed E-state index contributed by atoms with van der Waals surface area (Å²) in [6.45, 7) is 1.58. The van der Waals surface area contributed by atoms with E-state index in [9.17, 15) is 10.2 Å². The highest BCUT2D eigenvalue weighted by Gasteiger charge is 2.35. The topological polar surface area (TPSA) is 93.5 Å². The zero-order valence-corrected chi connectivity index (χ0v) is 16.9. The zero-order valence-electron chi connectivity index (χ0n) is 16.9. The van der Waals surface area contributed by atoms with E-state index in [0.29, 0.717) is 5.82 Å². The number of nitrogens with zero attached hydrogens (tertiary/aromatic N) is 2. The van der Waals surface area contributed by atoms with E-state index in [0.717, 1.165) is 28.9 Å². The predicted octanol–water partition coefficient (Wildman–Crippen LogP) is 3.33. The van der Waals surface area contributed by atoms with Gasteiger partial charge in [0.1, 0.15) is 23.8 Å². The van der Waals surface area contributed by atoms with Gasteiger partial charge in [-0.15, -0.1) is 0 Å². The minimum Gasteiger partial charge on any atom is -0.489 e. The van der Waals surface area contributed by atoms with Gasteiger partial charge >= 0.3 is 0 Å². The summed E-state index contributed by atoms with van der Waals surface area (Å²) in [5.74, 6) is 1.38. The molecule has 4 atom stereocenters. The van der Waals surface area contributed by atoms with E-state index < -0.39 is 6.10 Å². The Morgan fingerprint density at radius 1 is 1.17 bits per heavy atom. The summed E-state index contributed by atoms with van der Waals surface area (Å²) in [6, 6.07) is 16.1. The van der Waals surface area contributed by atoms with Gasteiger partial charge in [-0.25, -0.2) is 4.98 Å². The second kappa shape index (κ2) is 8.83. The van der Waals surface area contributed by atoms with Crippen LogP contribution in [-0.2, 0) is 0 Å². The van der Waals surface area contributed by atoms with Crippen LogP contribution < -0.4 is 10.5 Å². The first-order chi connectivity index (χ1) is 14.5. The van der Waals surface area contributed by atoms with Crippen molar-refractivity contribution in [1.82, 2.24) is 9.55 Å². The van der Waals surface area contributed by atoms with Crippen molar-refractivity contribution in [2.75, 3.05) is 6.61 Å². The van der Waals surface area contributed by atoms with Crippen LogP contribution in [0.5, 0.6) is 5.75 Å². The van der Waals surface area contributed by atoms with E-state index in [1.807, 2.05) is 48.6 Å². The fourth-order valence-electron chi connectivity index (χ4n) is 3.40. The van der Waals surface area contributed by atoms with Crippen LogP contribution >= 0.6 is 0 Å². The molecule has 0 radical (unpaired) electrons. The SMILES string of the molecule is C[C@H](O)c1nccn1C(/C=C/c1ccc(-c2ccc(O[C@H]3C[C@@H]3N)cc2)cc1)CO. The molecule has 1 aliphatic rings. The van der Waals surface area contributed by atoms with Gasteiger partial charge in [-0.3, -0.25) is 0 Å².